The van der Waals surface area contributed by atoms with Crippen LogP contribution in [0.25, 0.3) is 6.08 Å². The average molecular weight is 436 g/mol. The monoisotopic (exact) mass is 435 g/mol. The van der Waals surface area contributed by atoms with Crippen molar-refractivity contribution in [1.82, 2.24) is 0 Å². The molecule has 0 radical (unpaired) electrons. The molecule has 0 aliphatic carbocycles. The molecule has 6 nitrogen and oxygen atoms in total. The van der Waals surface area contributed by atoms with Gasteiger partial charge in [0.05, 0.1) is 20.2 Å². The van der Waals surface area contributed by atoms with Gasteiger partial charge in [-0.25, -0.2) is 4.99 Å². The van der Waals surface area contributed by atoms with Gasteiger partial charge in [0.15, 0.2) is 0 Å². The smallest absolute Gasteiger partial charge is 0.282 e. The summed E-state index contributed by atoms with van der Waals surface area (Å²) in [6.07, 6.45) is 6.68. The van der Waals surface area contributed by atoms with Crippen LogP contribution in [0.2, 0.25) is 0 Å². The Hall–Kier alpha value is -3.03. The number of hydrogen-bond acceptors (Lipinski definition) is 4. The van der Waals surface area contributed by atoms with E-state index in [1.54, 1.807) is 37.5 Å². The number of carbonyl (C=O) groups is 2. The molecule has 2 aromatic rings. The quantitative estimate of drug-likeness (QED) is 0.456. The highest BCUT2D eigenvalue weighted by Crippen LogP contribution is 2.25. The van der Waals surface area contributed by atoms with Gasteiger partial charge in [0.2, 0.25) is 0 Å². The summed E-state index contributed by atoms with van der Waals surface area (Å²) in [5.74, 6) is -0.422. The number of benzene rings is 2. The van der Waals surface area contributed by atoms with Gasteiger partial charge in [-0.05, 0) is 91.0 Å². The minimum atomic E-state index is -0.609. The van der Waals surface area contributed by atoms with E-state index in [1.165, 1.54) is 41.2 Å². The third-order valence-electron chi connectivity index (χ3n) is 5.72. The second-order valence-electron chi connectivity index (χ2n) is 7.74. The van der Waals surface area contributed by atoms with Crippen LogP contribution in [0.1, 0.15) is 31.2 Å². The van der Waals surface area contributed by atoms with Gasteiger partial charge in [-0.2, -0.15) is 0 Å². The number of quaternary nitrogens is 1. The van der Waals surface area contributed by atoms with Crippen molar-refractivity contribution in [3.05, 3.63) is 59.7 Å². The number of carbonyl (C=O) groups excluding carboxylic acids is 2. The van der Waals surface area contributed by atoms with Crippen LogP contribution in [-0.4, -0.2) is 37.2 Å². The molecule has 2 aliphatic heterocycles. The third kappa shape index (κ3) is 4.68. The van der Waals surface area contributed by atoms with Crippen LogP contribution in [0.4, 0.5) is 11.4 Å². The van der Waals surface area contributed by atoms with Gasteiger partial charge >= 0.3 is 0 Å². The highest BCUT2D eigenvalue weighted by atomic mass is 32.1. The first-order valence-corrected chi connectivity index (χ1v) is 10.9. The van der Waals surface area contributed by atoms with Crippen LogP contribution in [-0.2, 0) is 22.2 Å². The first kappa shape index (κ1) is 21.2. The Kier molecular flexibility index (Phi) is 6.44. The lowest BCUT2D eigenvalue weighted by Crippen LogP contribution is -3.07. The summed E-state index contributed by atoms with van der Waals surface area (Å²) in [6, 6.07) is 14.9. The highest BCUT2D eigenvalue weighted by molar-refractivity contribution is 7.78. The van der Waals surface area contributed by atoms with Crippen molar-refractivity contribution < 1.29 is 19.2 Å². The van der Waals surface area contributed by atoms with Crippen LogP contribution in [0.3, 0.4) is 0 Å². The summed E-state index contributed by atoms with van der Waals surface area (Å²) in [5.41, 5.74) is 2.57. The van der Waals surface area contributed by atoms with E-state index in [0.29, 0.717) is 11.4 Å². The van der Waals surface area contributed by atoms with E-state index in [0.717, 1.165) is 18.7 Å². The summed E-state index contributed by atoms with van der Waals surface area (Å²) >= 11 is 5.20. The summed E-state index contributed by atoms with van der Waals surface area (Å²) in [4.78, 5) is 32.2. The topological polar surface area (TPSA) is 63.4 Å². The van der Waals surface area contributed by atoms with E-state index in [9.17, 15) is 9.59 Å². The van der Waals surface area contributed by atoms with Crippen LogP contribution < -0.4 is 14.5 Å². The SMILES string of the molecule is COc1ccc(N2C(=O)C(=Cc3ccc([NH+]4CCCCCC4)cc3)C(=O)N=C2[S-])cc1. The molecule has 1 saturated heterocycles. The summed E-state index contributed by atoms with van der Waals surface area (Å²) in [6.45, 7) is 2.29. The Bertz CT molecular complexity index is 1020. The van der Waals surface area contributed by atoms with E-state index in [2.05, 4.69) is 17.1 Å². The minimum Gasteiger partial charge on any atom is -0.742 e. The molecule has 160 valence electrons. The number of aliphatic imine (C=N–C) groups is 1. The molecule has 31 heavy (non-hydrogen) atoms. The Morgan fingerprint density at radius 1 is 0.968 bits per heavy atom. The van der Waals surface area contributed by atoms with Gasteiger partial charge < -0.3 is 22.3 Å². The predicted octanol–water partition coefficient (Wildman–Crippen LogP) is 2.65. The Morgan fingerprint density at radius 2 is 1.61 bits per heavy atom. The molecular formula is C24H25N3O3S. The van der Waals surface area contributed by atoms with Gasteiger partial charge in [-0.15, -0.1) is 0 Å². The Balaban J connectivity index is 1.59. The molecule has 2 heterocycles. The lowest BCUT2D eigenvalue weighted by atomic mass is 10.1. The molecule has 2 aromatic carbocycles. The third-order valence-corrected chi connectivity index (χ3v) is 5.99. The van der Waals surface area contributed by atoms with E-state index in [1.807, 2.05) is 12.1 Å². The van der Waals surface area contributed by atoms with E-state index < -0.39 is 11.8 Å². The lowest BCUT2D eigenvalue weighted by molar-refractivity contribution is -0.831. The molecule has 4 rings (SSSR count). The Labute approximate surface area is 187 Å². The molecule has 0 bridgehead atoms. The fourth-order valence-corrected chi connectivity index (χ4v) is 4.28. The Morgan fingerprint density at radius 3 is 2.23 bits per heavy atom. The van der Waals surface area contributed by atoms with Crippen LogP contribution >= 0.6 is 0 Å². The number of rotatable bonds is 4. The van der Waals surface area contributed by atoms with Gasteiger partial charge in [-0.3, -0.25) is 14.5 Å². The number of amidine groups is 1. The van der Waals surface area contributed by atoms with Crippen molar-refractivity contribution >= 4 is 47.1 Å². The summed E-state index contributed by atoms with van der Waals surface area (Å²) in [5, 5.41) is -0.0579. The molecule has 0 spiro atoms. The number of ether oxygens (including phenoxy) is 1. The second-order valence-corrected chi connectivity index (χ2v) is 8.10. The second kappa shape index (κ2) is 9.41. The van der Waals surface area contributed by atoms with Gasteiger partial charge in [-0.1, -0.05) is 0 Å². The van der Waals surface area contributed by atoms with Crippen molar-refractivity contribution in [2.24, 2.45) is 4.99 Å². The number of anilines is 1. The number of hydrogen-bond donors (Lipinski definition) is 1. The molecule has 0 saturated carbocycles. The highest BCUT2D eigenvalue weighted by Gasteiger charge is 2.29. The zero-order chi connectivity index (χ0) is 21.8. The van der Waals surface area contributed by atoms with E-state index >= 15 is 0 Å². The molecule has 1 fully saturated rings. The van der Waals surface area contributed by atoms with Crippen molar-refractivity contribution in [3.8, 4) is 5.75 Å². The predicted molar refractivity (Wildman–Crippen MR) is 124 cm³/mol. The van der Waals surface area contributed by atoms with Gasteiger partial charge in [0, 0.05) is 5.69 Å². The lowest BCUT2D eigenvalue weighted by Gasteiger charge is -2.32. The number of nitrogens with zero attached hydrogens (tertiary/aromatic N) is 2. The van der Waals surface area contributed by atoms with Gasteiger partial charge in [0.25, 0.3) is 11.8 Å². The number of amides is 2. The van der Waals surface area contributed by atoms with E-state index in [-0.39, 0.29) is 10.7 Å². The van der Waals surface area contributed by atoms with Crippen molar-refractivity contribution in [3.63, 3.8) is 0 Å². The van der Waals surface area contributed by atoms with Crippen LogP contribution in [0, 0.1) is 0 Å². The van der Waals surface area contributed by atoms with Crippen molar-refractivity contribution in [2.45, 2.75) is 25.7 Å². The molecule has 1 N–H and O–H groups in total. The molecule has 2 amide bonds. The molecular weight excluding hydrogens is 410 g/mol. The average Bonchev–Trinajstić information content (AvgIpc) is 3.07. The summed E-state index contributed by atoms with van der Waals surface area (Å²) in [7, 11) is 1.57. The largest absolute Gasteiger partial charge is 0.742 e. The number of methoxy groups -OCH3 is 1. The van der Waals surface area contributed by atoms with E-state index in [4.69, 9.17) is 17.4 Å². The number of nitrogens with one attached hydrogen (secondary N) is 1. The van der Waals surface area contributed by atoms with Crippen LogP contribution in [0.15, 0.2) is 59.1 Å². The van der Waals surface area contributed by atoms with Gasteiger partial charge in [0.1, 0.15) is 17.0 Å². The van der Waals surface area contributed by atoms with Crippen LogP contribution in [0.5, 0.6) is 5.75 Å². The fraction of sp³-hybridized carbons (Fsp3) is 0.292. The fourth-order valence-electron chi connectivity index (χ4n) is 4.00. The van der Waals surface area contributed by atoms with Crippen molar-refractivity contribution in [2.75, 3.05) is 25.1 Å². The summed E-state index contributed by atoms with van der Waals surface area (Å²) < 4.78 is 5.16. The maximum Gasteiger partial charge on any atom is 0.282 e. The molecule has 2 aliphatic rings. The maximum absolute atomic E-state index is 13.1. The standard InChI is InChI=1S/C24H25N3O3S/c1-30-20-12-10-19(11-13-20)27-23(29)21(22(28)25-24(27)31)16-17-6-8-18(9-7-17)26-14-4-2-3-5-15-26/h6-13,16H,2-5,14-15H2,1H3,(H,25,28,31). The first-order valence-electron chi connectivity index (χ1n) is 10.5. The maximum atomic E-state index is 13.1. The normalized spacial score (nSPS) is 19.3. The van der Waals surface area contributed by atoms with Crippen molar-refractivity contribution in [1.29, 1.82) is 0 Å². The molecule has 0 aromatic heterocycles. The molecule has 0 unspecified atom stereocenters. The molecule has 0 atom stereocenters. The zero-order valence-electron chi connectivity index (χ0n) is 17.5. The molecule has 7 heteroatoms. The minimum absolute atomic E-state index is 0.000660. The zero-order valence-corrected chi connectivity index (χ0v) is 18.3. The first-order chi connectivity index (χ1) is 15.1.